The Labute approximate surface area is 127 Å². The molecule has 1 aliphatic rings. The third-order valence-electron chi connectivity index (χ3n) is 4.22. The van der Waals surface area contributed by atoms with Gasteiger partial charge in [0.1, 0.15) is 0 Å². The van der Waals surface area contributed by atoms with Gasteiger partial charge >= 0.3 is 0 Å². The van der Waals surface area contributed by atoms with Gasteiger partial charge < -0.3 is 10.0 Å². The Kier molecular flexibility index (Phi) is 6.21. The molecule has 1 aliphatic heterocycles. The molecule has 0 radical (unpaired) electrons. The summed E-state index contributed by atoms with van der Waals surface area (Å²) >= 11 is 0. The van der Waals surface area contributed by atoms with E-state index in [-0.39, 0.29) is 12.5 Å². The van der Waals surface area contributed by atoms with Crippen LogP contribution in [0.15, 0.2) is 30.3 Å². The van der Waals surface area contributed by atoms with E-state index in [1.807, 2.05) is 37.4 Å². The van der Waals surface area contributed by atoms with Crippen LogP contribution in [0.4, 0.5) is 0 Å². The summed E-state index contributed by atoms with van der Waals surface area (Å²) in [5.74, 6) is 0.176. The summed E-state index contributed by atoms with van der Waals surface area (Å²) in [7, 11) is 1.87. The van der Waals surface area contributed by atoms with Gasteiger partial charge in [-0.3, -0.25) is 9.69 Å². The number of nitrogens with zero attached hydrogens (tertiary/aromatic N) is 2. The second-order valence-corrected chi connectivity index (χ2v) is 5.87. The van der Waals surface area contributed by atoms with Crippen LogP contribution in [0.2, 0.25) is 0 Å². The fourth-order valence-electron chi connectivity index (χ4n) is 3.00. The van der Waals surface area contributed by atoms with Crippen LogP contribution in [0, 0.1) is 0 Å². The Morgan fingerprint density at radius 2 is 2.14 bits per heavy atom. The summed E-state index contributed by atoms with van der Waals surface area (Å²) < 4.78 is 0. The number of carbonyl (C=O) groups is 1. The number of likely N-dealkylation sites (tertiary alicyclic amines) is 1. The molecular weight excluding hydrogens is 264 g/mol. The Morgan fingerprint density at radius 3 is 2.86 bits per heavy atom. The third kappa shape index (κ3) is 4.83. The molecule has 1 amide bonds. The van der Waals surface area contributed by atoms with Crippen molar-refractivity contribution in [2.75, 3.05) is 26.7 Å². The summed E-state index contributed by atoms with van der Waals surface area (Å²) in [5.41, 5.74) is 1.16. The highest BCUT2D eigenvalue weighted by molar-refractivity contribution is 5.78. The summed E-state index contributed by atoms with van der Waals surface area (Å²) in [4.78, 5) is 16.4. The molecule has 1 aromatic rings. The minimum atomic E-state index is 0.176. The van der Waals surface area contributed by atoms with Crippen molar-refractivity contribution in [2.24, 2.45) is 0 Å². The molecular formula is C17H26N2O2. The number of hydrogen-bond acceptors (Lipinski definition) is 3. The van der Waals surface area contributed by atoms with Crippen LogP contribution < -0.4 is 0 Å². The number of carbonyl (C=O) groups excluding carboxylic acids is 1. The van der Waals surface area contributed by atoms with Crippen molar-refractivity contribution in [3.8, 4) is 0 Å². The molecule has 0 spiro atoms. The van der Waals surface area contributed by atoms with Gasteiger partial charge in [-0.25, -0.2) is 0 Å². The number of hydrogen-bond donors (Lipinski definition) is 1. The van der Waals surface area contributed by atoms with Gasteiger partial charge in [-0.15, -0.1) is 0 Å². The maximum absolute atomic E-state index is 12.4. The number of rotatable bonds is 7. The Bertz CT molecular complexity index is 436. The second kappa shape index (κ2) is 8.15. The fourth-order valence-corrected chi connectivity index (χ4v) is 3.00. The summed E-state index contributed by atoms with van der Waals surface area (Å²) in [6, 6.07) is 10.5. The zero-order chi connectivity index (χ0) is 15.1. The molecule has 2 rings (SSSR count). The van der Waals surface area contributed by atoms with Crippen molar-refractivity contribution in [3.63, 3.8) is 0 Å². The minimum absolute atomic E-state index is 0.176. The number of likely N-dealkylation sites (N-methyl/N-ethyl adjacent to an activating group) is 1. The van der Waals surface area contributed by atoms with Crippen molar-refractivity contribution in [1.29, 1.82) is 0 Å². The van der Waals surface area contributed by atoms with Gasteiger partial charge in [0.05, 0.1) is 6.54 Å². The highest BCUT2D eigenvalue weighted by atomic mass is 16.3. The molecule has 0 aliphatic carbocycles. The van der Waals surface area contributed by atoms with Crippen LogP contribution in [0.5, 0.6) is 0 Å². The molecule has 1 aromatic carbocycles. The predicted molar refractivity (Wildman–Crippen MR) is 83.8 cm³/mol. The van der Waals surface area contributed by atoms with E-state index < -0.39 is 0 Å². The summed E-state index contributed by atoms with van der Waals surface area (Å²) in [6.45, 7) is 2.40. The van der Waals surface area contributed by atoms with Crippen molar-refractivity contribution in [2.45, 2.75) is 38.3 Å². The normalized spacial score (nSPS) is 18.9. The molecule has 1 fully saturated rings. The molecule has 4 nitrogen and oxygen atoms in total. The maximum Gasteiger partial charge on any atom is 0.236 e. The number of aliphatic hydroxyl groups excluding tert-OH is 1. The van der Waals surface area contributed by atoms with E-state index in [1.54, 1.807) is 4.90 Å². The first-order valence-corrected chi connectivity index (χ1v) is 7.83. The summed E-state index contributed by atoms with van der Waals surface area (Å²) in [6.07, 6.45) is 4.13. The van der Waals surface area contributed by atoms with Crippen molar-refractivity contribution in [3.05, 3.63) is 35.9 Å². The first kappa shape index (κ1) is 16.0. The van der Waals surface area contributed by atoms with Crippen LogP contribution >= 0.6 is 0 Å². The molecule has 21 heavy (non-hydrogen) atoms. The standard InChI is InChI=1S/C17H26N2O2/c1-18(13-15-7-3-2-4-8-15)17(21)14-19-11-5-9-16(19)10-6-12-20/h2-4,7-8,16,20H,5-6,9-14H2,1H3. The summed E-state index contributed by atoms with van der Waals surface area (Å²) in [5, 5.41) is 8.95. The van der Waals surface area contributed by atoms with Gasteiger partial charge in [-0.2, -0.15) is 0 Å². The Hall–Kier alpha value is -1.39. The van der Waals surface area contributed by atoms with Gasteiger partial charge in [0.15, 0.2) is 0 Å². The fraction of sp³-hybridized carbons (Fsp3) is 0.588. The lowest BCUT2D eigenvalue weighted by Gasteiger charge is -2.26. The van der Waals surface area contributed by atoms with Crippen LogP contribution in [0.3, 0.4) is 0 Å². The van der Waals surface area contributed by atoms with E-state index in [2.05, 4.69) is 4.90 Å². The molecule has 1 heterocycles. The highest BCUT2D eigenvalue weighted by Gasteiger charge is 2.26. The average molecular weight is 290 g/mol. The topological polar surface area (TPSA) is 43.8 Å². The second-order valence-electron chi connectivity index (χ2n) is 5.87. The van der Waals surface area contributed by atoms with Gasteiger partial charge in [-0.1, -0.05) is 30.3 Å². The van der Waals surface area contributed by atoms with Gasteiger partial charge in [0.25, 0.3) is 0 Å². The van der Waals surface area contributed by atoms with Gasteiger partial charge in [-0.05, 0) is 37.8 Å². The van der Waals surface area contributed by atoms with E-state index in [0.29, 0.717) is 19.1 Å². The monoisotopic (exact) mass is 290 g/mol. The molecule has 0 bridgehead atoms. The quantitative estimate of drug-likeness (QED) is 0.834. The lowest BCUT2D eigenvalue weighted by Crippen LogP contribution is -2.40. The van der Waals surface area contributed by atoms with Gasteiger partial charge in [0.2, 0.25) is 5.91 Å². The van der Waals surface area contributed by atoms with Crippen molar-refractivity contribution < 1.29 is 9.90 Å². The SMILES string of the molecule is CN(Cc1ccccc1)C(=O)CN1CCCC1CCCO. The molecule has 1 unspecified atom stereocenters. The smallest absolute Gasteiger partial charge is 0.236 e. The number of benzene rings is 1. The van der Waals surface area contributed by atoms with Crippen LogP contribution in [0.25, 0.3) is 0 Å². The predicted octanol–water partition coefficient (Wildman–Crippen LogP) is 1.88. The zero-order valence-electron chi connectivity index (χ0n) is 12.9. The number of aliphatic hydroxyl groups is 1. The molecule has 0 saturated carbocycles. The van der Waals surface area contributed by atoms with Crippen molar-refractivity contribution >= 4 is 5.91 Å². The molecule has 1 saturated heterocycles. The minimum Gasteiger partial charge on any atom is -0.396 e. The molecule has 4 heteroatoms. The molecule has 0 aromatic heterocycles. The maximum atomic E-state index is 12.4. The van der Waals surface area contributed by atoms with E-state index in [0.717, 1.165) is 37.8 Å². The molecule has 116 valence electrons. The molecule has 1 atom stereocenters. The first-order chi connectivity index (χ1) is 10.2. The average Bonchev–Trinajstić information content (AvgIpc) is 2.93. The van der Waals surface area contributed by atoms with E-state index in [9.17, 15) is 4.79 Å². The van der Waals surface area contributed by atoms with Crippen LogP contribution in [0.1, 0.15) is 31.2 Å². The first-order valence-electron chi connectivity index (χ1n) is 7.83. The highest BCUT2D eigenvalue weighted by Crippen LogP contribution is 2.21. The van der Waals surface area contributed by atoms with Gasteiger partial charge in [0, 0.05) is 26.2 Å². The lowest BCUT2D eigenvalue weighted by atomic mass is 10.1. The largest absolute Gasteiger partial charge is 0.396 e. The van der Waals surface area contributed by atoms with Crippen LogP contribution in [-0.4, -0.2) is 53.6 Å². The Balaban J connectivity index is 1.82. The van der Waals surface area contributed by atoms with E-state index in [4.69, 9.17) is 5.11 Å². The van der Waals surface area contributed by atoms with Crippen molar-refractivity contribution in [1.82, 2.24) is 9.80 Å². The van der Waals surface area contributed by atoms with Crippen LogP contribution in [-0.2, 0) is 11.3 Å². The zero-order valence-corrected chi connectivity index (χ0v) is 12.9. The lowest BCUT2D eigenvalue weighted by molar-refractivity contribution is -0.131. The molecule has 1 N–H and O–H groups in total. The third-order valence-corrected chi connectivity index (χ3v) is 4.22. The number of amides is 1. The Morgan fingerprint density at radius 1 is 1.38 bits per heavy atom. The van der Waals surface area contributed by atoms with E-state index in [1.165, 1.54) is 0 Å². The van der Waals surface area contributed by atoms with E-state index >= 15 is 0 Å².